The number of carbonyl (C=O) groups excluding carboxylic acids is 1. The van der Waals surface area contributed by atoms with E-state index < -0.39 is 34.2 Å². The Labute approximate surface area is 151 Å². The molecule has 0 unspecified atom stereocenters. The lowest BCUT2D eigenvalue weighted by Crippen LogP contribution is -2.23. The van der Waals surface area contributed by atoms with E-state index in [2.05, 4.69) is 9.13 Å². The summed E-state index contributed by atoms with van der Waals surface area (Å²) in [5.74, 6) is -2.48. The third-order valence-electron chi connectivity index (χ3n) is 3.45. The minimum Gasteiger partial charge on any atom is -0.468 e. The molecule has 0 saturated carbocycles. The van der Waals surface area contributed by atoms with E-state index >= 15 is 0 Å². The van der Waals surface area contributed by atoms with E-state index in [0.29, 0.717) is 6.07 Å². The van der Waals surface area contributed by atoms with Gasteiger partial charge >= 0.3 is 5.97 Å². The van der Waals surface area contributed by atoms with Crippen LogP contribution in [0.2, 0.25) is 0 Å². The van der Waals surface area contributed by atoms with Crippen molar-refractivity contribution in [1.82, 2.24) is 4.57 Å². The molecule has 1 aromatic heterocycles. The maximum atomic E-state index is 14.2. The number of methoxy groups -OCH3 is 1. The van der Waals surface area contributed by atoms with Crippen LogP contribution in [0.5, 0.6) is 0 Å². The Balaban J connectivity index is 2.30. The maximum Gasteiger partial charge on any atom is 0.325 e. The summed E-state index contributed by atoms with van der Waals surface area (Å²) in [6.45, 7) is -0.470. The molecule has 0 radical (unpaired) electrons. The second kappa shape index (κ2) is 6.96. The van der Waals surface area contributed by atoms with Gasteiger partial charge in [-0.3, -0.25) is 4.79 Å². The molecule has 0 saturated heterocycles. The second-order valence-corrected chi connectivity index (χ2v) is 7.77. The van der Waals surface area contributed by atoms with Gasteiger partial charge in [-0.2, -0.15) is 8.42 Å². The van der Waals surface area contributed by atoms with Gasteiger partial charge in [0.25, 0.3) is 10.0 Å². The number of benzene rings is 2. The molecule has 136 valence electrons. The van der Waals surface area contributed by atoms with Crippen LogP contribution in [0.3, 0.4) is 0 Å². The van der Waals surface area contributed by atoms with Gasteiger partial charge in [0.1, 0.15) is 12.4 Å². The van der Waals surface area contributed by atoms with E-state index in [1.54, 1.807) is 6.07 Å². The summed E-state index contributed by atoms with van der Waals surface area (Å²) >= 11 is 0.756. The van der Waals surface area contributed by atoms with Gasteiger partial charge in [-0.25, -0.2) is 8.78 Å². The highest BCUT2D eigenvalue weighted by Crippen LogP contribution is 2.23. The highest BCUT2D eigenvalue weighted by atomic mass is 32.2. The first-order chi connectivity index (χ1) is 12.3. The average molecular weight is 398 g/mol. The van der Waals surface area contributed by atoms with E-state index in [1.807, 2.05) is 0 Å². The molecule has 0 aliphatic rings. The van der Waals surface area contributed by atoms with Crippen LogP contribution in [0.1, 0.15) is 0 Å². The molecule has 3 aromatic rings. The second-order valence-electron chi connectivity index (χ2n) is 5.16. The number of ether oxygens (including phenoxy) is 1. The summed E-state index contributed by atoms with van der Waals surface area (Å²) in [4.78, 5) is 11.4. The number of nitrogens with zero attached hydrogens (tertiary/aromatic N) is 2. The zero-order chi connectivity index (χ0) is 18.9. The van der Waals surface area contributed by atoms with E-state index in [1.165, 1.54) is 24.3 Å². The van der Waals surface area contributed by atoms with Crippen molar-refractivity contribution in [3.63, 3.8) is 0 Å². The molecule has 0 spiro atoms. The first-order valence-electron chi connectivity index (χ1n) is 7.23. The molecule has 0 aliphatic carbocycles. The van der Waals surface area contributed by atoms with Crippen LogP contribution < -0.4 is 4.80 Å². The molecular formula is C16H12F2N2O4S2. The lowest BCUT2D eigenvalue weighted by Gasteiger charge is -2.05. The fourth-order valence-electron chi connectivity index (χ4n) is 2.29. The summed E-state index contributed by atoms with van der Waals surface area (Å²) in [5, 5.41) is 0. The number of sulfonamides is 1. The van der Waals surface area contributed by atoms with E-state index in [0.717, 1.165) is 29.1 Å². The molecular weight excluding hydrogens is 386 g/mol. The van der Waals surface area contributed by atoms with Crippen molar-refractivity contribution < 1.29 is 26.7 Å². The third-order valence-corrected chi connectivity index (χ3v) is 5.87. The number of fused-ring (bicyclic) bond motifs is 1. The zero-order valence-electron chi connectivity index (χ0n) is 13.3. The fourth-order valence-corrected chi connectivity index (χ4v) is 4.58. The fraction of sp³-hybridized carbons (Fsp3) is 0.125. The Morgan fingerprint density at radius 2 is 1.92 bits per heavy atom. The Bertz CT molecular complexity index is 1150. The van der Waals surface area contributed by atoms with Crippen molar-refractivity contribution in [3.05, 3.63) is 58.9 Å². The smallest absolute Gasteiger partial charge is 0.325 e. The number of halogens is 2. The number of carbonyl (C=O) groups is 1. The number of esters is 1. The largest absolute Gasteiger partial charge is 0.468 e. The number of hydrogen-bond donors (Lipinski definition) is 0. The summed E-state index contributed by atoms with van der Waals surface area (Å²) in [6, 6.07) is 9.13. The third kappa shape index (κ3) is 3.51. The van der Waals surface area contributed by atoms with Crippen molar-refractivity contribution in [2.75, 3.05) is 7.11 Å². The molecule has 26 heavy (non-hydrogen) atoms. The number of thiazole rings is 1. The SMILES string of the molecule is COC(=O)Cn1c(=NS(=O)(=O)c2ccccc2)sc2cc(F)cc(F)c21. The Hall–Kier alpha value is -2.59. The van der Waals surface area contributed by atoms with Gasteiger partial charge in [0.05, 0.1) is 22.2 Å². The van der Waals surface area contributed by atoms with Gasteiger partial charge in [-0.05, 0) is 18.2 Å². The van der Waals surface area contributed by atoms with Crippen LogP contribution in [-0.4, -0.2) is 26.1 Å². The molecule has 1 heterocycles. The van der Waals surface area contributed by atoms with Gasteiger partial charge < -0.3 is 9.30 Å². The van der Waals surface area contributed by atoms with Crippen LogP contribution >= 0.6 is 11.3 Å². The molecule has 6 nitrogen and oxygen atoms in total. The molecule has 0 aliphatic heterocycles. The normalized spacial score (nSPS) is 12.5. The van der Waals surface area contributed by atoms with Crippen LogP contribution in [0, 0.1) is 11.6 Å². The average Bonchev–Trinajstić information content (AvgIpc) is 2.92. The first-order valence-corrected chi connectivity index (χ1v) is 9.49. The highest BCUT2D eigenvalue weighted by Gasteiger charge is 2.18. The minimum atomic E-state index is -4.10. The molecule has 2 aromatic carbocycles. The van der Waals surface area contributed by atoms with Crippen molar-refractivity contribution in [2.24, 2.45) is 4.40 Å². The monoisotopic (exact) mass is 398 g/mol. The minimum absolute atomic E-state index is 0.0614. The molecule has 0 amide bonds. The summed E-state index contributed by atoms with van der Waals surface area (Å²) < 4.78 is 62.1. The standard InChI is InChI=1S/C16H12F2N2O4S2/c1-24-14(21)9-20-15-12(18)7-10(17)8-13(15)25-16(20)19-26(22,23)11-5-3-2-4-6-11/h2-8H,9H2,1H3. The Morgan fingerprint density at radius 3 is 2.58 bits per heavy atom. The summed E-state index contributed by atoms with van der Waals surface area (Å²) in [7, 11) is -2.96. The predicted octanol–water partition coefficient (Wildman–Crippen LogP) is 2.44. The number of hydrogen-bond acceptors (Lipinski definition) is 5. The molecule has 0 N–H and O–H groups in total. The first kappa shape index (κ1) is 18.2. The van der Waals surface area contributed by atoms with E-state index in [9.17, 15) is 22.0 Å². The van der Waals surface area contributed by atoms with Gasteiger partial charge in [-0.1, -0.05) is 29.5 Å². The van der Waals surface area contributed by atoms with Crippen molar-refractivity contribution in [1.29, 1.82) is 0 Å². The summed E-state index contributed by atoms with van der Waals surface area (Å²) in [6.07, 6.45) is 0. The zero-order valence-corrected chi connectivity index (χ0v) is 15.0. The van der Waals surface area contributed by atoms with E-state index in [-0.39, 0.29) is 19.9 Å². The molecule has 0 atom stereocenters. The molecule has 0 bridgehead atoms. The lowest BCUT2D eigenvalue weighted by molar-refractivity contribution is -0.141. The van der Waals surface area contributed by atoms with Crippen LogP contribution in [0.25, 0.3) is 10.2 Å². The van der Waals surface area contributed by atoms with Crippen molar-refractivity contribution in [3.8, 4) is 0 Å². The lowest BCUT2D eigenvalue weighted by atomic mass is 10.3. The number of rotatable bonds is 4. The van der Waals surface area contributed by atoms with Gasteiger partial charge in [0.15, 0.2) is 5.82 Å². The van der Waals surface area contributed by atoms with Gasteiger partial charge in [-0.15, -0.1) is 4.40 Å². The van der Waals surface area contributed by atoms with Crippen LogP contribution in [0.4, 0.5) is 8.78 Å². The highest BCUT2D eigenvalue weighted by molar-refractivity contribution is 7.90. The van der Waals surface area contributed by atoms with Gasteiger partial charge in [0.2, 0.25) is 4.80 Å². The van der Waals surface area contributed by atoms with Crippen molar-refractivity contribution in [2.45, 2.75) is 11.4 Å². The maximum absolute atomic E-state index is 14.2. The quantitative estimate of drug-likeness (QED) is 0.633. The Morgan fingerprint density at radius 1 is 1.23 bits per heavy atom. The Kier molecular flexibility index (Phi) is 4.88. The molecule has 10 heteroatoms. The number of aromatic nitrogens is 1. The van der Waals surface area contributed by atoms with Gasteiger partial charge in [0, 0.05) is 6.07 Å². The van der Waals surface area contributed by atoms with Crippen LogP contribution in [0.15, 0.2) is 51.8 Å². The summed E-state index contributed by atoms with van der Waals surface area (Å²) in [5.41, 5.74) is -0.121. The van der Waals surface area contributed by atoms with Crippen LogP contribution in [-0.2, 0) is 26.1 Å². The topological polar surface area (TPSA) is 77.7 Å². The molecule has 3 rings (SSSR count). The molecule has 0 fully saturated rings. The van der Waals surface area contributed by atoms with E-state index in [4.69, 9.17) is 0 Å². The van der Waals surface area contributed by atoms with Crippen molar-refractivity contribution >= 4 is 37.5 Å². The predicted molar refractivity (Wildman–Crippen MR) is 90.9 cm³/mol.